The number of Topliss-reactive ketones (excluding diaryl/α,β-unsaturated/α-hetero) is 1. The van der Waals surface area contributed by atoms with Gasteiger partial charge >= 0.3 is 0 Å². The molecule has 3 saturated heterocycles. The zero-order valence-electron chi connectivity index (χ0n) is 16.1. The topological polar surface area (TPSA) is 95.6 Å². The van der Waals surface area contributed by atoms with E-state index >= 15 is 4.39 Å². The van der Waals surface area contributed by atoms with Gasteiger partial charge in [-0.1, -0.05) is 0 Å². The first-order valence-electron chi connectivity index (χ1n) is 10.2. The van der Waals surface area contributed by atoms with Crippen molar-refractivity contribution in [3.63, 3.8) is 0 Å². The molecule has 4 aliphatic heterocycles. The maximum absolute atomic E-state index is 15.1. The molecule has 1 aromatic carbocycles. The van der Waals surface area contributed by atoms with Crippen molar-refractivity contribution in [3.8, 4) is 0 Å². The quantitative estimate of drug-likeness (QED) is 0.431. The number of ketones is 1. The fourth-order valence-corrected chi connectivity index (χ4v) is 5.68. The van der Waals surface area contributed by atoms with Gasteiger partial charge < -0.3 is 5.32 Å². The predicted octanol–water partition coefficient (Wildman–Crippen LogP) is 1.00. The minimum atomic E-state index is -1.23. The first-order chi connectivity index (χ1) is 14.4. The Morgan fingerprint density at radius 2 is 1.80 bits per heavy atom. The van der Waals surface area contributed by atoms with Crippen LogP contribution in [0.25, 0.3) is 0 Å². The number of piperidine rings is 2. The minimum absolute atomic E-state index is 0.0760. The van der Waals surface area contributed by atoms with Gasteiger partial charge in [0.2, 0.25) is 17.6 Å². The first-order valence-corrected chi connectivity index (χ1v) is 10.2. The van der Waals surface area contributed by atoms with E-state index in [0.717, 1.165) is 12.5 Å². The smallest absolute Gasteiger partial charge is 0.243 e. The predicted molar refractivity (Wildman–Crippen MR) is 99.2 cm³/mol. The van der Waals surface area contributed by atoms with E-state index in [1.54, 1.807) is 0 Å². The van der Waals surface area contributed by atoms with Crippen molar-refractivity contribution in [1.82, 2.24) is 15.5 Å². The van der Waals surface area contributed by atoms with Crippen LogP contribution in [0.15, 0.2) is 6.07 Å². The maximum Gasteiger partial charge on any atom is 0.243 e. The number of aldehydes is 1. The average molecular weight is 417 g/mol. The third-order valence-corrected chi connectivity index (χ3v) is 6.94. The molecular weight excluding hydrogens is 396 g/mol. The second-order valence-corrected chi connectivity index (χ2v) is 8.67. The molecule has 7 nitrogen and oxygen atoms in total. The summed E-state index contributed by atoms with van der Waals surface area (Å²) in [5.74, 6) is -3.54. The normalized spacial score (nSPS) is 32.9. The van der Waals surface area contributed by atoms with Crippen LogP contribution >= 0.6 is 0 Å². The van der Waals surface area contributed by atoms with Crippen LogP contribution in [-0.2, 0) is 25.7 Å². The molecule has 6 rings (SSSR count). The van der Waals surface area contributed by atoms with Gasteiger partial charge in [-0.15, -0.1) is 0 Å². The Bertz CT molecular complexity index is 965. The molecular formula is C21H21F2N3O4. The van der Waals surface area contributed by atoms with Gasteiger partial charge in [-0.25, -0.2) is 8.78 Å². The van der Waals surface area contributed by atoms with E-state index < -0.39 is 41.3 Å². The molecule has 4 heterocycles. The largest absolute Gasteiger partial charge is 0.311 e. The van der Waals surface area contributed by atoms with Gasteiger partial charge in [0.15, 0.2) is 6.29 Å². The first kappa shape index (κ1) is 19.4. The summed E-state index contributed by atoms with van der Waals surface area (Å²) in [5.41, 5.74) is 0.640. The van der Waals surface area contributed by atoms with Crippen molar-refractivity contribution in [2.24, 2.45) is 0 Å². The van der Waals surface area contributed by atoms with Crippen molar-refractivity contribution >= 4 is 23.9 Å². The molecule has 2 N–H and O–H groups in total. The van der Waals surface area contributed by atoms with E-state index in [4.69, 9.17) is 0 Å². The number of halogens is 2. The van der Waals surface area contributed by atoms with Gasteiger partial charge in [0.25, 0.3) is 0 Å². The minimum Gasteiger partial charge on any atom is -0.311 e. The summed E-state index contributed by atoms with van der Waals surface area (Å²) in [6, 6.07) is -0.727. The summed E-state index contributed by atoms with van der Waals surface area (Å²) in [6.07, 6.45) is 2.73. The summed E-state index contributed by atoms with van der Waals surface area (Å²) >= 11 is 0. The lowest BCUT2D eigenvalue weighted by molar-refractivity contribution is -0.141. The highest BCUT2D eigenvalue weighted by Gasteiger charge is 2.48. The molecule has 0 aromatic heterocycles. The van der Waals surface area contributed by atoms with Crippen LogP contribution in [0, 0.1) is 11.6 Å². The number of carbonyl (C=O) groups excluding carboxylic acids is 4. The molecule has 4 fully saturated rings. The highest BCUT2D eigenvalue weighted by molar-refractivity contribution is 6.27. The van der Waals surface area contributed by atoms with Crippen molar-refractivity contribution in [3.05, 3.63) is 34.4 Å². The van der Waals surface area contributed by atoms with E-state index in [1.807, 2.05) is 0 Å². The van der Waals surface area contributed by atoms with Gasteiger partial charge in [0.05, 0.1) is 6.04 Å². The van der Waals surface area contributed by atoms with E-state index in [2.05, 4.69) is 10.6 Å². The molecule has 1 saturated carbocycles. The maximum atomic E-state index is 15.1. The number of carbonyl (C=O) groups is 4. The molecule has 9 heteroatoms. The molecule has 0 spiro atoms. The molecule has 4 unspecified atom stereocenters. The van der Waals surface area contributed by atoms with Gasteiger partial charge in [-0.3, -0.25) is 29.4 Å². The van der Waals surface area contributed by atoms with Crippen LogP contribution in [0.3, 0.4) is 0 Å². The zero-order chi connectivity index (χ0) is 21.2. The number of amides is 2. The lowest BCUT2D eigenvalue weighted by atomic mass is 9.71. The van der Waals surface area contributed by atoms with E-state index in [9.17, 15) is 23.6 Å². The number of hydrogen-bond acceptors (Lipinski definition) is 6. The van der Waals surface area contributed by atoms with Crippen LogP contribution in [0.4, 0.5) is 8.78 Å². The van der Waals surface area contributed by atoms with Gasteiger partial charge in [-0.05, 0) is 42.7 Å². The van der Waals surface area contributed by atoms with Crippen LogP contribution < -0.4 is 10.6 Å². The summed E-state index contributed by atoms with van der Waals surface area (Å²) in [5, 5.41) is 5.61. The molecule has 2 bridgehead atoms. The Morgan fingerprint density at radius 1 is 1.10 bits per heavy atom. The van der Waals surface area contributed by atoms with E-state index in [1.165, 1.54) is 4.90 Å². The standard InChI is InChI=1S/C21H21F2N3O4/c22-13-6-14(23)18(9-3-10-5-11(4-9)24-10)19-12(13)7-26(20(19)16(28)8-27)15-1-2-17(29)25-21(15)30/h6,8-11,15,20,24H,1-5,7H2,(H,25,29,30). The Morgan fingerprint density at radius 3 is 2.43 bits per heavy atom. The zero-order valence-corrected chi connectivity index (χ0v) is 16.1. The number of nitrogens with zero attached hydrogens (tertiary/aromatic N) is 1. The summed E-state index contributed by atoms with van der Waals surface area (Å²) in [7, 11) is 0. The second-order valence-electron chi connectivity index (χ2n) is 8.67. The molecule has 1 aromatic rings. The number of benzene rings is 1. The molecule has 30 heavy (non-hydrogen) atoms. The number of fused-ring (bicyclic) bond motifs is 3. The van der Waals surface area contributed by atoms with Crippen LogP contribution in [0.5, 0.6) is 0 Å². The SMILES string of the molecule is O=CC(=O)C1c2c(c(F)cc(F)c2C2CC3CC(C2)N3)CN1C1CCC(=O)NC1=O. The average Bonchev–Trinajstić information content (AvgIpc) is 3.07. The molecule has 1 aliphatic carbocycles. The molecule has 158 valence electrons. The highest BCUT2D eigenvalue weighted by Crippen LogP contribution is 2.48. The van der Waals surface area contributed by atoms with Gasteiger partial charge in [0, 0.05) is 36.7 Å². The van der Waals surface area contributed by atoms with Crippen LogP contribution in [-0.4, -0.2) is 46.9 Å². The number of nitrogens with one attached hydrogen (secondary N) is 2. The molecule has 2 amide bonds. The Hall–Kier alpha value is -2.52. The van der Waals surface area contributed by atoms with Crippen molar-refractivity contribution in [1.29, 1.82) is 0 Å². The van der Waals surface area contributed by atoms with Gasteiger partial charge in [0.1, 0.15) is 17.7 Å². The third kappa shape index (κ3) is 2.91. The van der Waals surface area contributed by atoms with Crippen LogP contribution in [0.1, 0.15) is 60.8 Å². The fourth-order valence-electron chi connectivity index (χ4n) is 5.68. The van der Waals surface area contributed by atoms with E-state index in [-0.39, 0.29) is 60.4 Å². The van der Waals surface area contributed by atoms with Crippen molar-refractivity contribution in [2.45, 2.75) is 68.7 Å². The Kier molecular flexibility index (Phi) is 4.55. The third-order valence-electron chi connectivity index (χ3n) is 6.94. The second kappa shape index (κ2) is 7.02. The molecule has 0 radical (unpaired) electrons. The number of rotatable bonds is 4. The van der Waals surface area contributed by atoms with Crippen LogP contribution in [0.2, 0.25) is 0 Å². The van der Waals surface area contributed by atoms with E-state index in [0.29, 0.717) is 12.8 Å². The fraction of sp³-hybridized carbons (Fsp3) is 0.524. The monoisotopic (exact) mass is 417 g/mol. The number of hydrogen-bond donors (Lipinski definition) is 2. The Labute approximate surface area is 171 Å². The van der Waals surface area contributed by atoms with Crippen molar-refractivity contribution in [2.75, 3.05) is 0 Å². The molecule has 5 aliphatic rings. The molecule has 4 atom stereocenters. The summed E-state index contributed by atoms with van der Waals surface area (Å²) in [4.78, 5) is 49.5. The Balaban J connectivity index is 1.60. The number of imide groups is 1. The highest BCUT2D eigenvalue weighted by atomic mass is 19.1. The lowest BCUT2D eigenvalue weighted by Crippen LogP contribution is -2.57. The van der Waals surface area contributed by atoms with Gasteiger partial charge in [-0.2, -0.15) is 0 Å². The lowest BCUT2D eigenvalue weighted by Gasteiger charge is -2.47. The summed E-state index contributed by atoms with van der Waals surface area (Å²) < 4.78 is 29.9. The van der Waals surface area contributed by atoms with Crippen molar-refractivity contribution < 1.29 is 28.0 Å². The summed E-state index contributed by atoms with van der Waals surface area (Å²) in [6.45, 7) is -0.0944.